The maximum absolute atomic E-state index is 11.8. The Labute approximate surface area is 124 Å². The molecule has 0 bridgehead atoms. The third-order valence-corrected chi connectivity index (χ3v) is 4.31. The first-order valence-corrected chi connectivity index (χ1v) is 7.46. The van der Waals surface area contributed by atoms with Crippen LogP contribution in [-0.4, -0.2) is 49.2 Å². The second kappa shape index (κ2) is 5.62. The molecule has 2 fully saturated rings. The minimum atomic E-state index is -0.0614. The highest BCUT2D eigenvalue weighted by atomic mass is 35.5. The molecule has 2 aliphatic rings. The Bertz CT molecular complexity index is 500. The number of rotatable bonds is 2. The number of esters is 1. The number of hydrogen-bond acceptors (Lipinski definition) is 4. The van der Waals surface area contributed by atoms with Gasteiger partial charge in [-0.1, -0.05) is 17.7 Å². The SMILES string of the molecule is C[C@H]1C[C@@H](N2CCN(c3cccc(Cl)c3)CC2)C(=O)O1. The molecule has 0 saturated carbocycles. The smallest absolute Gasteiger partial charge is 0.323 e. The van der Waals surface area contributed by atoms with E-state index in [4.69, 9.17) is 16.3 Å². The summed E-state index contributed by atoms with van der Waals surface area (Å²) in [4.78, 5) is 16.3. The molecule has 0 aliphatic carbocycles. The number of piperazine rings is 1. The van der Waals surface area contributed by atoms with Gasteiger partial charge in [0.1, 0.15) is 12.1 Å². The summed E-state index contributed by atoms with van der Waals surface area (Å²) in [6.07, 6.45) is 0.870. The van der Waals surface area contributed by atoms with Crippen LogP contribution in [0.3, 0.4) is 0 Å². The van der Waals surface area contributed by atoms with Crippen molar-refractivity contribution in [1.29, 1.82) is 0 Å². The van der Waals surface area contributed by atoms with Gasteiger partial charge in [0.15, 0.2) is 0 Å². The highest BCUT2D eigenvalue weighted by Crippen LogP contribution is 2.24. The van der Waals surface area contributed by atoms with Gasteiger partial charge in [0, 0.05) is 43.3 Å². The van der Waals surface area contributed by atoms with Crippen LogP contribution in [0.1, 0.15) is 13.3 Å². The van der Waals surface area contributed by atoms with Crippen LogP contribution >= 0.6 is 11.6 Å². The number of anilines is 1. The van der Waals surface area contributed by atoms with E-state index in [9.17, 15) is 4.79 Å². The zero-order chi connectivity index (χ0) is 14.1. The van der Waals surface area contributed by atoms with Crippen LogP contribution in [-0.2, 0) is 9.53 Å². The van der Waals surface area contributed by atoms with Crippen molar-refractivity contribution in [3.8, 4) is 0 Å². The van der Waals surface area contributed by atoms with Crippen LogP contribution in [0.25, 0.3) is 0 Å². The molecule has 0 unspecified atom stereocenters. The Morgan fingerprint density at radius 3 is 2.60 bits per heavy atom. The van der Waals surface area contributed by atoms with Crippen molar-refractivity contribution in [1.82, 2.24) is 4.90 Å². The number of nitrogens with zero attached hydrogens (tertiary/aromatic N) is 2. The molecule has 108 valence electrons. The van der Waals surface area contributed by atoms with Crippen molar-refractivity contribution in [3.05, 3.63) is 29.3 Å². The molecule has 1 aromatic rings. The van der Waals surface area contributed by atoms with Gasteiger partial charge in [0.25, 0.3) is 0 Å². The lowest BCUT2D eigenvalue weighted by atomic mass is 10.1. The molecule has 5 heteroatoms. The molecule has 0 N–H and O–H groups in total. The summed E-state index contributed by atoms with van der Waals surface area (Å²) >= 11 is 6.03. The second-order valence-electron chi connectivity index (χ2n) is 5.50. The molecule has 2 atom stereocenters. The van der Waals surface area contributed by atoms with E-state index in [0.29, 0.717) is 0 Å². The largest absolute Gasteiger partial charge is 0.461 e. The Morgan fingerprint density at radius 2 is 2.00 bits per heavy atom. The van der Waals surface area contributed by atoms with Gasteiger partial charge in [-0.15, -0.1) is 0 Å². The third-order valence-electron chi connectivity index (χ3n) is 4.07. The summed E-state index contributed by atoms with van der Waals surface area (Å²) in [5.41, 5.74) is 1.15. The summed E-state index contributed by atoms with van der Waals surface area (Å²) in [6, 6.07) is 7.87. The predicted molar refractivity (Wildman–Crippen MR) is 79.2 cm³/mol. The van der Waals surface area contributed by atoms with Crippen LogP contribution < -0.4 is 4.90 Å². The number of carbonyl (C=O) groups is 1. The monoisotopic (exact) mass is 294 g/mol. The highest BCUT2D eigenvalue weighted by Gasteiger charge is 2.37. The zero-order valence-electron chi connectivity index (χ0n) is 11.6. The maximum atomic E-state index is 11.8. The zero-order valence-corrected chi connectivity index (χ0v) is 12.3. The van der Waals surface area contributed by atoms with Crippen LogP contribution in [0.2, 0.25) is 5.02 Å². The lowest BCUT2D eigenvalue weighted by molar-refractivity contribution is -0.144. The Kier molecular flexibility index (Phi) is 3.85. The standard InChI is InChI=1S/C15H19ClN2O2/c1-11-9-14(15(19)20-11)18-7-5-17(6-8-18)13-4-2-3-12(16)10-13/h2-4,10-11,14H,5-9H2,1H3/t11-,14+/m0/s1. The van der Waals surface area contributed by atoms with Crippen molar-refractivity contribution >= 4 is 23.3 Å². The average Bonchev–Trinajstić information content (AvgIpc) is 2.78. The van der Waals surface area contributed by atoms with E-state index in [2.05, 4.69) is 15.9 Å². The van der Waals surface area contributed by atoms with Crippen LogP contribution in [0.4, 0.5) is 5.69 Å². The maximum Gasteiger partial charge on any atom is 0.323 e. The number of carbonyl (C=O) groups excluding carboxylic acids is 1. The van der Waals surface area contributed by atoms with E-state index in [-0.39, 0.29) is 18.1 Å². The van der Waals surface area contributed by atoms with E-state index in [0.717, 1.165) is 43.3 Å². The Morgan fingerprint density at radius 1 is 1.25 bits per heavy atom. The summed E-state index contributed by atoms with van der Waals surface area (Å²) in [5, 5.41) is 0.762. The van der Waals surface area contributed by atoms with E-state index in [1.807, 2.05) is 25.1 Å². The van der Waals surface area contributed by atoms with Gasteiger partial charge in [0.2, 0.25) is 0 Å². The van der Waals surface area contributed by atoms with Gasteiger partial charge in [0.05, 0.1) is 0 Å². The van der Waals surface area contributed by atoms with Gasteiger partial charge in [-0.25, -0.2) is 0 Å². The summed E-state index contributed by atoms with van der Waals surface area (Å²) in [5.74, 6) is -0.0614. The van der Waals surface area contributed by atoms with E-state index in [1.165, 1.54) is 0 Å². The minimum Gasteiger partial charge on any atom is -0.461 e. The Hall–Kier alpha value is -1.26. The van der Waals surface area contributed by atoms with Crippen LogP contribution in [0.5, 0.6) is 0 Å². The first kappa shape index (κ1) is 13.7. The first-order chi connectivity index (χ1) is 9.63. The molecule has 4 nitrogen and oxygen atoms in total. The van der Waals surface area contributed by atoms with Gasteiger partial charge in [-0.2, -0.15) is 0 Å². The number of ether oxygens (including phenoxy) is 1. The average molecular weight is 295 g/mol. The normalized spacial score (nSPS) is 27.7. The number of benzene rings is 1. The lowest BCUT2D eigenvalue weighted by Crippen LogP contribution is -2.51. The fourth-order valence-corrected chi connectivity index (χ4v) is 3.18. The van der Waals surface area contributed by atoms with Crippen molar-refractivity contribution in [2.24, 2.45) is 0 Å². The molecule has 2 aliphatic heterocycles. The molecule has 20 heavy (non-hydrogen) atoms. The second-order valence-corrected chi connectivity index (χ2v) is 5.94. The summed E-state index contributed by atoms with van der Waals surface area (Å²) < 4.78 is 5.24. The number of hydrogen-bond donors (Lipinski definition) is 0. The molecule has 3 rings (SSSR count). The number of cyclic esters (lactones) is 1. The molecule has 2 heterocycles. The van der Waals surface area contributed by atoms with Crippen molar-refractivity contribution in [3.63, 3.8) is 0 Å². The van der Waals surface area contributed by atoms with Crippen molar-refractivity contribution < 1.29 is 9.53 Å². The van der Waals surface area contributed by atoms with Crippen molar-refractivity contribution in [2.45, 2.75) is 25.5 Å². The molecule has 0 aromatic heterocycles. The first-order valence-electron chi connectivity index (χ1n) is 7.08. The lowest BCUT2D eigenvalue weighted by Gasteiger charge is -2.37. The van der Waals surface area contributed by atoms with E-state index >= 15 is 0 Å². The van der Waals surface area contributed by atoms with Crippen LogP contribution in [0.15, 0.2) is 24.3 Å². The van der Waals surface area contributed by atoms with Gasteiger partial charge < -0.3 is 9.64 Å². The molecule has 0 spiro atoms. The van der Waals surface area contributed by atoms with Crippen molar-refractivity contribution in [2.75, 3.05) is 31.1 Å². The topological polar surface area (TPSA) is 32.8 Å². The highest BCUT2D eigenvalue weighted by molar-refractivity contribution is 6.30. The van der Waals surface area contributed by atoms with Gasteiger partial charge in [-0.05, 0) is 25.1 Å². The summed E-state index contributed by atoms with van der Waals surface area (Å²) in [6.45, 7) is 5.56. The molecule has 2 saturated heterocycles. The fourth-order valence-electron chi connectivity index (χ4n) is 3.00. The molecule has 1 aromatic carbocycles. The number of halogens is 1. The Balaban J connectivity index is 1.61. The fraction of sp³-hybridized carbons (Fsp3) is 0.533. The van der Waals surface area contributed by atoms with Gasteiger partial charge in [-0.3, -0.25) is 9.69 Å². The van der Waals surface area contributed by atoms with Gasteiger partial charge >= 0.3 is 5.97 Å². The molecule has 0 radical (unpaired) electrons. The summed E-state index contributed by atoms with van der Waals surface area (Å²) in [7, 11) is 0. The molecular weight excluding hydrogens is 276 g/mol. The minimum absolute atomic E-state index is 0.0495. The predicted octanol–water partition coefficient (Wildman–Crippen LogP) is 2.17. The quantitative estimate of drug-likeness (QED) is 0.783. The molecule has 0 amide bonds. The third kappa shape index (κ3) is 2.76. The van der Waals surface area contributed by atoms with E-state index < -0.39 is 0 Å². The van der Waals surface area contributed by atoms with E-state index in [1.54, 1.807) is 0 Å². The van der Waals surface area contributed by atoms with Crippen LogP contribution in [0, 0.1) is 0 Å². The molecular formula is C15H19ClN2O2.